The lowest BCUT2D eigenvalue weighted by atomic mass is 10.3. The molecule has 2 N–H and O–H groups in total. The van der Waals surface area contributed by atoms with Crippen molar-refractivity contribution in [1.29, 1.82) is 0 Å². The van der Waals surface area contributed by atoms with Gasteiger partial charge in [0, 0.05) is 13.7 Å². The summed E-state index contributed by atoms with van der Waals surface area (Å²) in [4.78, 5) is 10.3. The lowest BCUT2D eigenvalue weighted by molar-refractivity contribution is -0.138. The third-order valence-corrected chi connectivity index (χ3v) is 1.60. The molecule has 0 radical (unpaired) electrons. The van der Waals surface area contributed by atoms with Crippen LogP contribution in [0.15, 0.2) is 0 Å². The first-order chi connectivity index (χ1) is 5.68. The predicted octanol–water partition coefficient (Wildman–Crippen LogP) is 0.476. The average Bonchev–Trinajstić information content (AvgIpc) is 2.03. The van der Waals surface area contributed by atoms with Crippen LogP contribution in [-0.4, -0.2) is 37.4 Å². The Labute approximate surface area is 72.9 Å². The van der Waals surface area contributed by atoms with E-state index in [4.69, 9.17) is 9.84 Å². The molecule has 0 unspecified atom stereocenters. The molecule has 0 aliphatic carbocycles. The van der Waals surface area contributed by atoms with Gasteiger partial charge in [0.1, 0.15) is 6.04 Å². The lowest BCUT2D eigenvalue weighted by Gasteiger charge is -2.07. The first-order valence-corrected chi connectivity index (χ1v) is 4.13. The zero-order chi connectivity index (χ0) is 9.40. The van der Waals surface area contributed by atoms with E-state index in [1.165, 1.54) is 0 Å². The zero-order valence-electron chi connectivity index (χ0n) is 7.67. The van der Waals surface area contributed by atoms with Gasteiger partial charge in [-0.3, -0.25) is 4.79 Å². The molecule has 4 nitrogen and oxygen atoms in total. The maximum atomic E-state index is 10.3. The molecule has 0 bridgehead atoms. The van der Waals surface area contributed by atoms with E-state index in [9.17, 15) is 4.79 Å². The Morgan fingerprint density at radius 2 is 2.25 bits per heavy atom. The van der Waals surface area contributed by atoms with Gasteiger partial charge in [-0.2, -0.15) is 0 Å². The SMILES string of the molecule is COCCCCN[C@H](C)C(=O)O. The van der Waals surface area contributed by atoms with E-state index in [1.54, 1.807) is 14.0 Å². The van der Waals surface area contributed by atoms with E-state index < -0.39 is 12.0 Å². The third kappa shape index (κ3) is 6.12. The second kappa shape index (κ2) is 7.06. The Morgan fingerprint density at radius 3 is 2.75 bits per heavy atom. The van der Waals surface area contributed by atoms with Crippen molar-refractivity contribution in [2.24, 2.45) is 0 Å². The number of hydrogen-bond donors (Lipinski definition) is 2. The van der Waals surface area contributed by atoms with Crippen LogP contribution in [0.5, 0.6) is 0 Å². The summed E-state index contributed by atoms with van der Waals surface area (Å²) in [6, 6.07) is -0.451. The lowest BCUT2D eigenvalue weighted by Crippen LogP contribution is -2.34. The topological polar surface area (TPSA) is 58.6 Å². The minimum absolute atomic E-state index is 0.451. The van der Waals surface area contributed by atoms with Gasteiger partial charge in [0.25, 0.3) is 0 Å². The summed E-state index contributed by atoms with van der Waals surface area (Å²) in [7, 11) is 1.66. The maximum absolute atomic E-state index is 10.3. The fourth-order valence-corrected chi connectivity index (χ4v) is 0.777. The Morgan fingerprint density at radius 1 is 1.58 bits per heavy atom. The van der Waals surface area contributed by atoms with Crippen LogP contribution >= 0.6 is 0 Å². The molecule has 0 rings (SSSR count). The average molecular weight is 175 g/mol. The van der Waals surface area contributed by atoms with E-state index >= 15 is 0 Å². The number of carbonyl (C=O) groups is 1. The molecule has 4 heteroatoms. The van der Waals surface area contributed by atoms with Gasteiger partial charge in [-0.05, 0) is 26.3 Å². The fraction of sp³-hybridized carbons (Fsp3) is 0.875. The van der Waals surface area contributed by atoms with Gasteiger partial charge in [-0.15, -0.1) is 0 Å². The second-order valence-electron chi connectivity index (χ2n) is 2.71. The standard InChI is InChI=1S/C8H17NO3/c1-7(8(10)11)9-5-3-4-6-12-2/h7,9H,3-6H2,1-2H3,(H,10,11)/t7-/m1/s1. The number of carboxylic acids is 1. The van der Waals surface area contributed by atoms with E-state index in [0.29, 0.717) is 0 Å². The number of aliphatic carboxylic acids is 1. The summed E-state index contributed by atoms with van der Waals surface area (Å²) >= 11 is 0. The molecule has 0 fully saturated rings. The summed E-state index contributed by atoms with van der Waals surface area (Å²) in [5.74, 6) is -0.804. The van der Waals surface area contributed by atoms with Crippen molar-refractivity contribution in [3.8, 4) is 0 Å². The Balaban J connectivity index is 3.14. The monoisotopic (exact) mass is 175 g/mol. The van der Waals surface area contributed by atoms with Gasteiger partial charge in [-0.1, -0.05) is 0 Å². The Hall–Kier alpha value is -0.610. The summed E-state index contributed by atoms with van der Waals surface area (Å²) in [5.41, 5.74) is 0. The number of hydrogen-bond acceptors (Lipinski definition) is 3. The maximum Gasteiger partial charge on any atom is 0.320 e. The summed E-state index contributed by atoms with van der Waals surface area (Å²) in [6.07, 6.45) is 1.92. The van der Waals surface area contributed by atoms with Gasteiger partial charge in [0.15, 0.2) is 0 Å². The van der Waals surface area contributed by atoms with Crippen molar-refractivity contribution in [1.82, 2.24) is 5.32 Å². The number of carboxylic acid groups (broad SMARTS) is 1. The molecule has 0 saturated heterocycles. The molecule has 0 aromatic carbocycles. The number of nitrogens with one attached hydrogen (secondary N) is 1. The van der Waals surface area contributed by atoms with Crippen molar-refractivity contribution >= 4 is 5.97 Å². The highest BCUT2D eigenvalue weighted by molar-refractivity contribution is 5.72. The molecule has 1 atom stereocenters. The molecule has 0 aliphatic heterocycles. The van der Waals surface area contributed by atoms with Crippen LogP contribution in [0.2, 0.25) is 0 Å². The van der Waals surface area contributed by atoms with E-state index in [2.05, 4.69) is 5.32 Å². The highest BCUT2D eigenvalue weighted by atomic mass is 16.5. The molecule has 0 spiro atoms. The second-order valence-corrected chi connectivity index (χ2v) is 2.71. The molecule has 0 aromatic heterocycles. The minimum atomic E-state index is -0.804. The van der Waals surface area contributed by atoms with Crippen molar-refractivity contribution in [2.45, 2.75) is 25.8 Å². The first-order valence-electron chi connectivity index (χ1n) is 4.13. The largest absolute Gasteiger partial charge is 0.480 e. The molecule has 12 heavy (non-hydrogen) atoms. The predicted molar refractivity (Wildman–Crippen MR) is 46.2 cm³/mol. The number of methoxy groups -OCH3 is 1. The highest BCUT2D eigenvalue weighted by Gasteiger charge is 2.07. The first kappa shape index (κ1) is 11.4. The summed E-state index contributed by atoms with van der Waals surface area (Å²) < 4.78 is 4.85. The fourth-order valence-electron chi connectivity index (χ4n) is 0.777. The van der Waals surface area contributed by atoms with Gasteiger partial charge in [0.05, 0.1) is 0 Å². The van der Waals surface area contributed by atoms with Crippen LogP contribution in [0.4, 0.5) is 0 Å². The third-order valence-electron chi connectivity index (χ3n) is 1.60. The van der Waals surface area contributed by atoms with Crippen molar-refractivity contribution in [3.63, 3.8) is 0 Å². The number of unbranched alkanes of at least 4 members (excludes halogenated alkanes) is 1. The molecule has 0 amide bonds. The van der Waals surface area contributed by atoms with E-state index in [0.717, 1.165) is 26.0 Å². The number of ether oxygens (including phenoxy) is 1. The van der Waals surface area contributed by atoms with Crippen LogP contribution in [0, 0.1) is 0 Å². The van der Waals surface area contributed by atoms with Gasteiger partial charge in [-0.25, -0.2) is 0 Å². The van der Waals surface area contributed by atoms with Gasteiger partial charge in [0.2, 0.25) is 0 Å². The summed E-state index contributed by atoms with van der Waals surface area (Å²) in [5, 5.41) is 11.4. The number of rotatable bonds is 7. The molecular weight excluding hydrogens is 158 g/mol. The summed E-state index contributed by atoms with van der Waals surface area (Å²) in [6.45, 7) is 3.11. The molecule has 0 saturated carbocycles. The van der Waals surface area contributed by atoms with Crippen molar-refractivity contribution in [2.75, 3.05) is 20.3 Å². The zero-order valence-corrected chi connectivity index (χ0v) is 7.67. The minimum Gasteiger partial charge on any atom is -0.480 e. The van der Waals surface area contributed by atoms with Crippen molar-refractivity contribution in [3.05, 3.63) is 0 Å². The van der Waals surface area contributed by atoms with Crippen LogP contribution in [-0.2, 0) is 9.53 Å². The molecule has 72 valence electrons. The smallest absolute Gasteiger partial charge is 0.320 e. The quantitative estimate of drug-likeness (QED) is 0.552. The van der Waals surface area contributed by atoms with Gasteiger partial charge < -0.3 is 15.2 Å². The molecular formula is C8H17NO3. The molecule has 0 heterocycles. The van der Waals surface area contributed by atoms with Crippen LogP contribution in [0.1, 0.15) is 19.8 Å². The molecule has 0 aliphatic rings. The highest BCUT2D eigenvalue weighted by Crippen LogP contribution is 1.88. The van der Waals surface area contributed by atoms with Crippen molar-refractivity contribution < 1.29 is 14.6 Å². The van der Waals surface area contributed by atoms with E-state index in [-0.39, 0.29) is 0 Å². The van der Waals surface area contributed by atoms with E-state index in [1.807, 2.05) is 0 Å². The van der Waals surface area contributed by atoms with Crippen LogP contribution in [0.3, 0.4) is 0 Å². The Kier molecular flexibility index (Phi) is 6.70. The Bertz CT molecular complexity index is 127. The van der Waals surface area contributed by atoms with Crippen LogP contribution < -0.4 is 5.32 Å². The van der Waals surface area contributed by atoms with Crippen LogP contribution in [0.25, 0.3) is 0 Å². The molecule has 0 aromatic rings. The normalized spacial score (nSPS) is 12.8. The van der Waals surface area contributed by atoms with Gasteiger partial charge >= 0.3 is 5.97 Å².